The lowest BCUT2D eigenvalue weighted by Gasteiger charge is -2.02. The Balaban J connectivity index is 2.47. The van der Waals surface area contributed by atoms with Crippen molar-refractivity contribution < 1.29 is 18.7 Å². The van der Waals surface area contributed by atoms with Gasteiger partial charge >= 0.3 is 5.97 Å². The van der Waals surface area contributed by atoms with Gasteiger partial charge in [0.2, 0.25) is 0 Å². The lowest BCUT2D eigenvalue weighted by molar-refractivity contribution is 0.0696. The third kappa shape index (κ3) is 2.10. The molecule has 1 aromatic carbocycles. The second-order valence-electron chi connectivity index (χ2n) is 3.20. The zero-order valence-electron chi connectivity index (χ0n) is 8.39. The van der Waals surface area contributed by atoms with Crippen LogP contribution in [0.25, 0.3) is 11.4 Å². The molecule has 0 saturated heterocycles. The Labute approximate surface area is 94.6 Å². The number of nitrogens with zero attached hydrogens (tertiary/aromatic N) is 2. The van der Waals surface area contributed by atoms with E-state index < -0.39 is 17.6 Å². The molecule has 0 aliphatic heterocycles. The number of carbonyl (C=O) groups is 1. The van der Waals surface area contributed by atoms with E-state index in [1.54, 1.807) is 0 Å². The lowest BCUT2D eigenvalue weighted by Crippen LogP contribution is -2.00. The number of carboxylic acids is 1. The van der Waals surface area contributed by atoms with Crippen molar-refractivity contribution in [1.29, 1.82) is 0 Å². The van der Waals surface area contributed by atoms with E-state index in [1.165, 1.54) is 12.1 Å². The standard InChI is InChI=1S/C11H6F2N2O2/c12-8-3-1-2-7(9(8)13)10-14-4-6(5-15-10)11(16)17/h1-5H,(H,16,17). The average molecular weight is 236 g/mol. The van der Waals surface area contributed by atoms with Gasteiger partial charge in [-0.15, -0.1) is 0 Å². The monoisotopic (exact) mass is 236 g/mol. The van der Waals surface area contributed by atoms with Gasteiger partial charge in [0.1, 0.15) is 0 Å². The van der Waals surface area contributed by atoms with Gasteiger partial charge in [0.05, 0.1) is 11.1 Å². The van der Waals surface area contributed by atoms with Crippen molar-refractivity contribution in [2.45, 2.75) is 0 Å². The zero-order chi connectivity index (χ0) is 12.4. The molecule has 17 heavy (non-hydrogen) atoms. The molecule has 0 saturated carbocycles. The van der Waals surface area contributed by atoms with Crippen LogP contribution >= 0.6 is 0 Å². The fraction of sp³-hybridized carbons (Fsp3) is 0. The van der Waals surface area contributed by atoms with Gasteiger partial charge in [-0.1, -0.05) is 6.07 Å². The van der Waals surface area contributed by atoms with Crippen LogP contribution in [0.3, 0.4) is 0 Å². The molecule has 2 rings (SSSR count). The van der Waals surface area contributed by atoms with E-state index in [0.717, 1.165) is 18.5 Å². The van der Waals surface area contributed by atoms with E-state index in [2.05, 4.69) is 9.97 Å². The molecule has 1 heterocycles. The summed E-state index contributed by atoms with van der Waals surface area (Å²) in [5.74, 6) is -3.31. The van der Waals surface area contributed by atoms with Crippen molar-refractivity contribution in [2.24, 2.45) is 0 Å². The summed E-state index contributed by atoms with van der Waals surface area (Å²) < 4.78 is 26.3. The number of aromatic nitrogens is 2. The molecular formula is C11H6F2N2O2. The van der Waals surface area contributed by atoms with Gasteiger partial charge in [-0.3, -0.25) is 0 Å². The number of benzene rings is 1. The SMILES string of the molecule is O=C(O)c1cnc(-c2cccc(F)c2F)nc1. The van der Waals surface area contributed by atoms with Gasteiger partial charge < -0.3 is 5.11 Å². The minimum Gasteiger partial charge on any atom is -0.478 e. The van der Waals surface area contributed by atoms with Crippen LogP contribution in [0.5, 0.6) is 0 Å². The summed E-state index contributed by atoms with van der Waals surface area (Å²) in [6, 6.07) is 3.61. The van der Waals surface area contributed by atoms with Crippen molar-refractivity contribution in [3.63, 3.8) is 0 Å². The minimum atomic E-state index is -1.18. The quantitative estimate of drug-likeness (QED) is 0.867. The van der Waals surface area contributed by atoms with Crippen LogP contribution < -0.4 is 0 Å². The van der Waals surface area contributed by atoms with Gasteiger partial charge in [0.15, 0.2) is 17.5 Å². The number of hydrogen-bond acceptors (Lipinski definition) is 3. The fourth-order valence-corrected chi connectivity index (χ4v) is 1.25. The topological polar surface area (TPSA) is 63.1 Å². The van der Waals surface area contributed by atoms with Crippen LogP contribution in [0.4, 0.5) is 8.78 Å². The lowest BCUT2D eigenvalue weighted by atomic mass is 10.2. The summed E-state index contributed by atoms with van der Waals surface area (Å²) >= 11 is 0. The first-order valence-electron chi connectivity index (χ1n) is 4.59. The molecule has 6 heteroatoms. The van der Waals surface area contributed by atoms with Gasteiger partial charge in [-0.2, -0.15) is 0 Å². The summed E-state index contributed by atoms with van der Waals surface area (Å²) in [5, 5.41) is 8.63. The van der Waals surface area contributed by atoms with Gasteiger partial charge in [-0.25, -0.2) is 23.5 Å². The van der Waals surface area contributed by atoms with Crippen molar-refractivity contribution in [2.75, 3.05) is 0 Å². The third-order valence-electron chi connectivity index (χ3n) is 2.09. The van der Waals surface area contributed by atoms with Crippen LogP contribution in [-0.4, -0.2) is 21.0 Å². The largest absolute Gasteiger partial charge is 0.478 e. The number of rotatable bonds is 2. The highest BCUT2D eigenvalue weighted by Crippen LogP contribution is 2.20. The number of halogens is 2. The van der Waals surface area contributed by atoms with E-state index in [0.29, 0.717) is 0 Å². The summed E-state index contributed by atoms with van der Waals surface area (Å²) in [6.45, 7) is 0. The molecule has 0 bridgehead atoms. The molecular weight excluding hydrogens is 230 g/mol. The van der Waals surface area contributed by atoms with Crippen LogP contribution in [-0.2, 0) is 0 Å². The van der Waals surface area contributed by atoms with Crippen molar-refractivity contribution in [1.82, 2.24) is 9.97 Å². The molecule has 1 N–H and O–H groups in total. The van der Waals surface area contributed by atoms with Crippen molar-refractivity contribution >= 4 is 5.97 Å². The number of hydrogen-bond donors (Lipinski definition) is 1. The molecule has 86 valence electrons. The highest BCUT2D eigenvalue weighted by Gasteiger charge is 2.12. The maximum Gasteiger partial charge on any atom is 0.338 e. The Morgan fingerprint density at radius 2 is 1.82 bits per heavy atom. The second kappa shape index (κ2) is 4.25. The predicted octanol–water partition coefficient (Wildman–Crippen LogP) is 2.12. The highest BCUT2D eigenvalue weighted by atomic mass is 19.2. The molecule has 2 aromatic rings. The van der Waals surface area contributed by atoms with E-state index in [9.17, 15) is 13.6 Å². The Morgan fingerprint density at radius 1 is 1.18 bits per heavy atom. The first kappa shape index (κ1) is 11.1. The number of carboxylic acid groups (broad SMARTS) is 1. The summed E-state index contributed by atoms with van der Waals surface area (Å²) in [5.41, 5.74) is -0.229. The maximum atomic E-state index is 13.4. The van der Waals surface area contributed by atoms with Crippen LogP contribution in [0.2, 0.25) is 0 Å². The zero-order valence-corrected chi connectivity index (χ0v) is 8.39. The first-order chi connectivity index (χ1) is 8.09. The average Bonchev–Trinajstić information content (AvgIpc) is 2.33. The first-order valence-corrected chi connectivity index (χ1v) is 4.59. The van der Waals surface area contributed by atoms with E-state index in [1.807, 2.05) is 0 Å². The van der Waals surface area contributed by atoms with Gasteiger partial charge in [-0.05, 0) is 12.1 Å². The smallest absolute Gasteiger partial charge is 0.338 e. The Morgan fingerprint density at radius 3 is 2.41 bits per heavy atom. The molecule has 0 radical (unpaired) electrons. The predicted molar refractivity (Wildman–Crippen MR) is 54.3 cm³/mol. The Hall–Kier alpha value is -2.37. The van der Waals surface area contributed by atoms with Crippen LogP contribution in [0, 0.1) is 11.6 Å². The maximum absolute atomic E-state index is 13.4. The minimum absolute atomic E-state index is 0.0630. The van der Waals surface area contributed by atoms with E-state index in [-0.39, 0.29) is 17.0 Å². The molecule has 0 atom stereocenters. The Kier molecular flexibility index (Phi) is 2.78. The highest BCUT2D eigenvalue weighted by molar-refractivity contribution is 5.86. The third-order valence-corrected chi connectivity index (χ3v) is 2.09. The van der Waals surface area contributed by atoms with Crippen molar-refractivity contribution in [3.8, 4) is 11.4 Å². The fourth-order valence-electron chi connectivity index (χ4n) is 1.25. The van der Waals surface area contributed by atoms with E-state index >= 15 is 0 Å². The summed E-state index contributed by atoms with van der Waals surface area (Å²) in [7, 11) is 0. The van der Waals surface area contributed by atoms with Crippen LogP contribution in [0.1, 0.15) is 10.4 Å². The second-order valence-corrected chi connectivity index (χ2v) is 3.20. The summed E-state index contributed by atoms with van der Waals surface area (Å²) in [6.07, 6.45) is 2.07. The molecule has 0 aliphatic carbocycles. The van der Waals surface area contributed by atoms with Gasteiger partial charge in [0.25, 0.3) is 0 Å². The van der Waals surface area contributed by atoms with Gasteiger partial charge in [0, 0.05) is 12.4 Å². The summed E-state index contributed by atoms with van der Waals surface area (Å²) in [4.78, 5) is 17.9. The molecule has 0 unspecified atom stereocenters. The number of aromatic carboxylic acids is 1. The van der Waals surface area contributed by atoms with Crippen molar-refractivity contribution in [3.05, 3.63) is 47.8 Å². The normalized spacial score (nSPS) is 10.2. The molecule has 0 spiro atoms. The molecule has 4 nitrogen and oxygen atoms in total. The Bertz CT molecular complexity index is 570. The molecule has 0 amide bonds. The van der Waals surface area contributed by atoms with E-state index in [4.69, 9.17) is 5.11 Å². The molecule has 1 aromatic heterocycles. The van der Waals surface area contributed by atoms with Crippen LogP contribution in [0.15, 0.2) is 30.6 Å². The molecule has 0 aliphatic rings. The molecule has 0 fully saturated rings.